The molecule has 0 aliphatic rings. The van der Waals surface area contributed by atoms with E-state index in [0.717, 1.165) is 16.7 Å². The van der Waals surface area contributed by atoms with Crippen LogP contribution in [0.2, 0.25) is 10.0 Å². The average molecular weight is 465 g/mol. The summed E-state index contributed by atoms with van der Waals surface area (Å²) in [4.78, 5) is 12.4. The van der Waals surface area contributed by atoms with Gasteiger partial charge in [-0.25, -0.2) is 5.01 Å². The van der Waals surface area contributed by atoms with Gasteiger partial charge in [-0.2, -0.15) is 10.4 Å². The zero-order valence-corrected chi connectivity index (χ0v) is 19.2. The van der Waals surface area contributed by atoms with Crippen LogP contribution in [0.4, 0.5) is 5.69 Å². The van der Waals surface area contributed by atoms with Crippen LogP contribution in [0.25, 0.3) is 0 Å². The molecule has 0 spiro atoms. The number of hydrazone groups is 1. The number of benzene rings is 3. The Morgan fingerprint density at radius 1 is 1.16 bits per heavy atom. The highest BCUT2D eigenvalue weighted by Crippen LogP contribution is 2.36. The maximum atomic E-state index is 12.4. The predicted molar refractivity (Wildman–Crippen MR) is 130 cm³/mol. The van der Waals surface area contributed by atoms with E-state index in [4.69, 9.17) is 23.2 Å². The summed E-state index contributed by atoms with van der Waals surface area (Å²) in [7, 11) is 1.81. The van der Waals surface area contributed by atoms with Crippen molar-refractivity contribution in [2.24, 2.45) is 5.10 Å². The van der Waals surface area contributed by atoms with Crippen molar-refractivity contribution in [3.05, 3.63) is 99.0 Å². The number of nitrogens with zero attached hydrogens (tertiary/aromatic N) is 3. The van der Waals surface area contributed by atoms with E-state index in [2.05, 4.69) is 16.5 Å². The standard InChI is InChI=1S/C25H22Cl2N4O/c1-17(32)31(30-15-18-6-4-3-5-7-18)22-12-20(16-29-2)25(24(27)13-22)23(14-28)19-8-10-21(26)11-9-19/h3-13,15,23,29H,16H2,1-2H3/b30-15+. The second-order valence-corrected chi connectivity index (χ2v) is 7.97. The van der Waals surface area contributed by atoms with Crippen LogP contribution in [0.3, 0.4) is 0 Å². The molecule has 0 bridgehead atoms. The van der Waals surface area contributed by atoms with Gasteiger partial charge in [-0.15, -0.1) is 0 Å². The topological polar surface area (TPSA) is 68.5 Å². The van der Waals surface area contributed by atoms with E-state index in [1.165, 1.54) is 11.9 Å². The van der Waals surface area contributed by atoms with Crippen LogP contribution in [0, 0.1) is 11.3 Å². The lowest BCUT2D eigenvalue weighted by Gasteiger charge is -2.22. The molecule has 0 aromatic heterocycles. The second-order valence-electron chi connectivity index (χ2n) is 7.13. The van der Waals surface area contributed by atoms with Crippen molar-refractivity contribution in [1.82, 2.24) is 5.32 Å². The Hall–Kier alpha value is -3.17. The van der Waals surface area contributed by atoms with Crippen LogP contribution in [0.5, 0.6) is 0 Å². The van der Waals surface area contributed by atoms with E-state index >= 15 is 0 Å². The molecule has 3 rings (SSSR count). The molecule has 162 valence electrons. The number of rotatable bonds is 7. The lowest BCUT2D eigenvalue weighted by Crippen LogP contribution is -2.23. The van der Waals surface area contributed by atoms with Crippen molar-refractivity contribution in [1.29, 1.82) is 5.26 Å². The summed E-state index contributed by atoms with van der Waals surface area (Å²) in [5, 5.41) is 19.7. The van der Waals surface area contributed by atoms with Gasteiger partial charge in [0, 0.05) is 23.5 Å². The molecule has 1 N–H and O–H groups in total. The molecule has 0 saturated heterocycles. The molecule has 1 atom stereocenters. The molecule has 3 aromatic carbocycles. The van der Waals surface area contributed by atoms with Gasteiger partial charge >= 0.3 is 0 Å². The third kappa shape index (κ3) is 5.54. The molecule has 0 aliphatic carbocycles. The quantitative estimate of drug-likeness (QED) is 0.357. The third-order valence-electron chi connectivity index (χ3n) is 4.85. The SMILES string of the molecule is CNCc1cc(N(/N=C/c2ccccc2)C(C)=O)cc(Cl)c1C(C#N)c1ccc(Cl)cc1. The van der Waals surface area contributed by atoms with Gasteiger partial charge in [0.05, 0.1) is 23.9 Å². The number of hydrogen-bond donors (Lipinski definition) is 1. The molecule has 3 aromatic rings. The summed E-state index contributed by atoms with van der Waals surface area (Å²) in [5.74, 6) is -0.846. The summed E-state index contributed by atoms with van der Waals surface area (Å²) in [5.41, 5.74) is 3.66. The van der Waals surface area contributed by atoms with Gasteiger partial charge in [-0.1, -0.05) is 65.7 Å². The molecular formula is C25H22Cl2N4O. The lowest BCUT2D eigenvalue weighted by atomic mass is 9.88. The van der Waals surface area contributed by atoms with Crippen LogP contribution < -0.4 is 10.3 Å². The zero-order chi connectivity index (χ0) is 23.1. The predicted octanol–water partition coefficient (Wildman–Crippen LogP) is 5.76. The average Bonchev–Trinajstić information content (AvgIpc) is 2.78. The van der Waals surface area contributed by atoms with Crippen molar-refractivity contribution >= 4 is 41.0 Å². The molecular weight excluding hydrogens is 443 g/mol. The van der Waals surface area contributed by atoms with Gasteiger partial charge in [0.1, 0.15) is 0 Å². The summed E-state index contributed by atoms with van der Waals surface area (Å²) >= 11 is 12.7. The first-order chi connectivity index (χ1) is 15.4. The Kier molecular flexibility index (Phi) is 8.02. The fraction of sp³-hybridized carbons (Fsp3) is 0.160. The number of nitriles is 1. The fourth-order valence-corrected chi connectivity index (χ4v) is 3.86. The zero-order valence-electron chi connectivity index (χ0n) is 17.7. The van der Waals surface area contributed by atoms with E-state index in [9.17, 15) is 10.1 Å². The third-order valence-corrected chi connectivity index (χ3v) is 5.42. The molecule has 0 heterocycles. The molecule has 32 heavy (non-hydrogen) atoms. The number of carbonyl (C=O) groups excluding carboxylic acids is 1. The molecule has 0 saturated carbocycles. The second kappa shape index (κ2) is 10.9. The minimum absolute atomic E-state index is 0.258. The van der Waals surface area contributed by atoms with Crippen LogP contribution in [0.1, 0.15) is 35.1 Å². The lowest BCUT2D eigenvalue weighted by molar-refractivity contribution is -0.116. The number of hydrogen-bond acceptors (Lipinski definition) is 4. The molecule has 7 heteroatoms. The smallest absolute Gasteiger partial charge is 0.244 e. The van der Waals surface area contributed by atoms with Crippen LogP contribution >= 0.6 is 23.2 Å². The molecule has 1 amide bonds. The van der Waals surface area contributed by atoms with Gasteiger partial charge in [0.2, 0.25) is 5.91 Å². The summed E-state index contributed by atoms with van der Waals surface area (Å²) in [6, 6.07) is 22.5. The van der Waals surface area contributed by atoms with Crippen LogP contribution in [0.15, 0.2) is 71.8 Å². The monoisotopic (exact) mass is 464 g/mol. The summed E-state index contributed by atoms with van der Waals surface area (Å²) < 4.78 is 0. The highest BCUT2D eigenvalue weighted by atomic mass is 35.5. The normalized spacial score (nSPS) is 11.8. The Labute approximate surface area is 197 Å². The van der Waals surface area contributed by atoms with Gasteiger partial charge in [-0.3, -0.25) is 4.79 Å². The highest BCUT2D eigenvalue weighted by molar-refractivity contribution is 6.32. The van der Waals surface area contributed by atoms with Crippen molar-refractivity contribution in [2.75, 3.05) is 12.1 Å². The molecule has 1 unspecified atom stereocenters. The number of nitrogens with one attached hydrogen (secondary N) is 1. The van der Waals surface area contributed by atoms with Gasteiger partial charge in [-0.05, 0) is 53.6 Å². The number of carbonyl (C=O) groups is 1. The first-order valence-electron chi connectivity index (χ1n) is 9.96. The first-order valence-corrected chi connectivity index (χ1v) is 10.7. The van der Waals surface area contributed by atoms with E-state index in [-0.39, 0.29) is 5.91 Å². The summed E-state index contributed by atoms with van der Waals surface area (Å²) in [6.45, 7) is 1.90. The van der Waals surface area contributed by atoms with E-state index in [1.807, 2.05) is 55.6 Å². The highest BCUT2D eigenvalue weighted by Gasteiger charge is 2.23. The maximum Gasteiger partial charge on any atom is 0.244 e. The van der Waals surface area contributed by atoms with Crippen LogP contribution in [-0.4, -0.2) is 19.2 Å². The number of amides is 1. The molecule has 0 aliphatic heterocycles. The molecule has 5 nitrogen and oxygen atoms in total. The Morgan fingerprint density at radius 2 is 1.84 bits per heavy atom. The first kappa shape index (κ1) is 23.5. The fourth-order valence-electron chi connectivity index (χ4n) is 3.40. The summed E-state index contributed by atoms with van der Waals surface area (Å²) in [6.07, 6.45) is 1.62. The Balaban J connectivity index is 2.07. The Morgan fingerprint density at radius 3 is 2.44 bits per heavy atom. The van der Waals surface area contributed by atoms with Crippen molar-refractivity contribution in [3.63, 3.8) is 0 Å². The van der Waals surface area contributed by atoms with E-state index in [0.29, 0.717) is 27.8 Å². The van der Waals surface area contributed by atoms with E-state index in [1.54, 1.807) is 24.4 Å². The maximum absolute atomic E-state index is 12.4. The van der Waals surface area contributed by atoms with Crippen molar-refractivity contribution in [3.8, 4) is 6.07 Å². The largest absolute Gasteiger partial charge is 0.316 e. The molecule has 0 radical (unpaired) electrons. The van der Waals surface area contributed by atoms with Gasteiger partial charge < -0.3 is 5.32 Å². The number of halogens is 2. The van der Waals surface area contributed by atoms with Crippen molar-refractivity contribution in [2.45, 2.75) is 19.4 Å². The number of anilines is 1. The van der Waals surface area contributed by atoms with E-state index < -0.39 is 5.92 Å². The molecule has 0 fully saturated rings. The minimum Gasteiger partial charge on any atom is -0.316 e. The van der Waals surface area contributed by atoms with Gasteiger partial charge in [0.15, 0.2) is 0 Å². The minimum atomic E-state index is -0.587. The van der Waals surface area contributed by atoms with Crippen LogP contribution in [-0.2, 0) is 11.3 Å². The van der Waals surface area contributed by atoms with Gasteiger partial charge in [0.25, 0.3) is 0 Å². The van der Waals surface area contributed by atoms with Crippen molar-refractivity contribution < 1.29 is 4.79 Å². The Bertz CT molecular complexity index is 1160.